The fourth-order valence-electron chi connectivity index (χ4n) is 3.44. The molecule has 2 rings (SSSR count). The maximum Gasteiger partial charge on any atom is 0.212 e. The van der Waals surface area contributed by atoms with Crippen molar-refractivity contribution in [2.75, 3.05) is 0 Å². The van der Waals surface area contributed by atoms with E-state index in [4.69, 9.17) is 5.14 Å². The van der Waals surface area contributed by atoms with Gasteiger partial charge in [-0.05, 0) is 31.1 Å². The average molecular weight is 217 g/mol. The SMILES string of the molecule is NS(=O)(=O)C1CCCCC12CCCC2. The Morgan fingerprint density at radius 3 is 2.00 bits per heavy atom. The molecule has 0 heterocycles. The number of sulfonamides is 1. The van der Waals surface area contributed by atoms with Crippen LogP contribution in [0, 0.1) is 5.41 Å². The summed E-state index contributed by atoms with van der Waals surface area (Å²) >= 11 is 0. The summed E-state index contributed by atoms with van der Waals surface area (Å²) in [6, 6.07) is 0. The van der Waals surface area contributed by atoms with Gasteiger partial charge in [0.1, 0.15) is 0 Å². The van der Waals surface area contributed by atoms with Crippen molar-refractivity contribution >= 4 is 10.0 Å². The van der Waals surface area contributed by atoms with E-state index < -0.39 is 10.0 Å². The monoisotopic (exact) mass is 217 g/mol. The minimum Gasteiger partial charge on any atom is -0.228 e. The second-order valence-electron chi connectivity index (χ2n) is 4.89. The highest BCUT2D eigenvalue weighted by atomic mass is 32.2. The fourth-order valence-corrected chi connectivity index (χ4v) is 4.98. The lowest BCUT2D eigenvalue weighted by molar-refractivity contribution is 0.201. The Kier molecular flexibility index (Phi) is 2.60. The summed E-state index contributed by atoms with van der Waals surface area (Å²) in [5, 5.41) is 5.09. The Balaban J connectivity index is 2.27. The first kappa shape index (κ1) is 10.4. The van der Waals surface area contributed by atoms with Crippen LogP contribution in [0.1, 0.15) is 51.4 Å². The number of hydrogen-bond donors (Lipinski definition) is 1. The Labute approximate surface area is 86.1 Å². The molecule has 2 fully saturated rings. The first-order valence-electron chi connectivity index (χ1n) is 5.56. The quantitative estimate of drug-likeness (QED) is 0.727. The van der Waals surface area contributed by atoms with Crippen molar-refractivity contribution in [2.24, 2.45) is 10.6 Å². The molecule has 1 unspecified atom stereocenters. The topological polar surface area (TPSA) is 60.2 Å². The molecule has 0 bridgehead atoms. The molecule has 0 aromatic rings. The Morgan fingerprint density at radius 2 is 1.50 bits per heavy atom. The molecule has 82 valence electrons. The third-order valence-corrected chi connectivity index (χ3v) is 5.60. The number of rotatable bonds is 1. The highest BCUT2D eigenvalue weighted by Gasteiger charge is 2.47. The van der Waals surface area contributed by atoms with Crippen LogP contribution in [0.2, 0.25) is 0 Å². The van der Waals surface area contributed by atoms with Gasteiger partial charge in [0.05, 0.1) is 5.25 Å². The van der Waals surface area contributed by atoms with Crippen LogP contribution < -0.4 is 5.14 Å². The van der Waals surface area contributed by atoms with Gasteiger partial charge in [0, 0.05) is 0 Å². The molecule has 0 amide bonds. The molecule has 2 saturated carbocycles. The predicted octanol–water partition coefficient (Wildman–Crippen LogP) is 1.78. The molecule has 4 heteroatoms. The van der Waals surface area contributed by atoms with E-state index in [-0.39, 0.29) is 10.7 Å². The van der Waals surface area contributed by atoms with Crippen LogP contribution >= 0.6 is 0 Å². The summed E-state index contributed by atoms with van der Waals surface area (Å²) in [5.41, 5.74) is 0.0613. The van der Waals surface area contributed by atoms with Crippen molar-refractivity contribution in [1.29, 1.82) is 0 Å². The molecule has 1 spiro atoms. The lowest BCUT2D eigenvalue weighted by Gasteiger charge is -2.39. The summed E-state index contributed by atoms with van der Waals surface area (Å²) in [6.45, 7) is 0. The second kappa shape index (κ2) is 3.49. The molecule has 0 aromatic heterocycles. The maximum atomic E-state index is 11.5. The van der Waals surface area contributed by atoms with E-state index in [1.54, 1.807) is 0 Å². The van der Waals surface area contributed by atoms with Gasteiger partial charge in [-0.1, -0.05) is 25.7 Å². The van der Waals surface area contributed by atoms with Crippen molar-refractivity contribution in [3.05, 3.63) is 0 Å². The molecule has 0 radical (unpaired) electrons. The smallest absolute Gasteiger partial charge is 0.212 e. The third-order valence-electron chi connectivity index (χ3n) is 4.07. The summed E-state index contributed by atoms with van der Waals surface area (Å²) in [7, 11) is -3.32. The highest BCUT2D eigenvalue weighted by Crippen LogP contribution is 2.50. The van der Waals surface area contributed by atoms with Gasteiger partial charge in [-0.2, -0.15) is 0 Å². The van der Waals surface area contributed by atoms with Gasteiger partial charge in [-0.3, -0.25) is 0 Å². The van der Waals surface area contributed by atoms with E-state index in [9.17, 15) is 8.42 Å². The van der Waals surface area contributed by atoms with Crippen LogP contribution in [0.3, 0.4) is 0 Å². The minimum atomic E-state index is -3.32. The van der Waals surface area contributed by atoms with E-state index in [2.05, 4.69) is 0 Å². The van der Waals surface area contributed by atoms with Crippen LogP contribution in [0.25, 0.3) is 0 Å². The van der Waals surface area contributed by atoms with E-state index >= 15 is 0 Å². The van der Waals surface area contributed by atoms with Gasteiger partial charge in [0.15, 0.2) is 0 Å². The number of hydrogen-bond acceptors (Lipinski definition) is 2. The highest BCUT2D eigenvalue weighted by molar-refractivity contribution is 7.89. The van der Waals surface area contributed by atoms with E-state index in [1.807, 2.05) is 0 Å². The van der Waals surface area contributed by atoms with Gasteiger partial charge in [0.2, 0.25) is 10.0 Å². The summed E-state index contributed by atoms with van der Waals surface area (Å²) in [6.07, 6.45) is 8.61. The second-order valence-corrected chi connectivity index (χ2v) is 6.64. The molecule has 0 saturated heterocycles. The molecule has 2 aliphatic rings. The fraction of sp³-hybridized carbons (Fsp3) is 1.00. The molecular formula is C10H19NO2S. The van der Waals surface area contributed by atoms with Gasteiger partial charge in [0.25, 0.3) is 0 Å². The maximum absolute atomic E-state index is 11.5. The molecule has 3 nitrogen and oxygen atoms in total. The van der Waals surface area contributed by atoms with Gasteiger partial charge < -0.3 is 0 Å². The first-order valence-corrected chi connectivity index (χ1v) is 7.17. The van der Waals surface area contributed by atoms with Crippen molar-refractivity contribution < 1.29 is 8.42 Å². The number of nitrogens with two attached hydrogens (primary N) is 1. The Morgan fingerprint density at radius 1 is 1.00 bits per heavy atom. The van der Waals surface area contributed by atoms with Crippen molar-refractivity contribution in [1.82, 2.24) is 0 Å². The van der Waals surface area contributed by atoms with Crippen molar-refractivity contribution in [2.45, 2.75) is 56.6 Å². The molecular weight excluding hydrogens is 198 g/mol. The van der Waals surface area contributed by atoms with Crippen LogP contribution in [-0.4, -0.2) is 13.7 Å². The minimum absolute atomic E-state index is 0.0613. The van der Waals surface area contributed by atoms with E-state index in [0.29, 0.717) is 0 Å². The van der Waals surface area contributed by atoms with E-state index in [0.717, 1.165) is 32.1 Å². The zero-order valence-electron chi connectivity index (χ0n) is 8.54. The number of primary sulfonamides is 1. The van der Waals surface area contributed by atoms with Crippen LogP contribution in [0.5, 0.6) is 0 Å². The Hall–Kier alpha value is -0.0900. The first-order chi connectivity index (χ1) is 6.55. The van der Waals surface area contributed by atoms with E-state index in [1.165, 1.54) is 19.3 Å². The normalized spacial score (nSPS) is 32.2. The van der Waals surface area contributed by atoms with Crippen LogP contribution in [0.15, 0.2) is 0 Å². The Bertz CT molecular complexity index is 304. The lowest BCUT2D eigenvalue weighted by atomic mass is 9.72. The molecule has 0 aromatic carbocycles. The largest absolute Gasteiger partial charge is 0.228 e. The summed E-state index contributed by atoms with van der Waals surface area (Å²) < 4.78 is 23.1. The lowest BCUT2D eigenvalue weighted by Crippen LogP contribution is -2.44. The molecule has 14 heavy (non-hydrogen) atoms. The van der Waals surface area contributed by atoms with Gasteiger partial charge in [-0.15, -0.1) is 0 Å². The third kappa shape index (κ3) is 1.70. The molecule has 2 N–H and O–H groups in total. The molecule has 2 aliphatic carbocycles. The van der Waals surface area contributed by atoms with Gasteiger partial charge >= 0.3 is 0 Å². The average Bonchev–Trinajstić information content (AvgIpc) is 2.52. The standard InChI is InChI=1S/C10H19NO2S/c11-14(12,13)9-5-1-2-6-10(9)7-3-4-8-10/h9H,1-8H2,(H2,11,12,13). The van der Waals surface area contributed by atoms with Crippen molar-refractivity contribution in [3.63, 3.8) is 0 Å². The molecule has 0 aliphatic heterocycles. The van der Waals surface area contributed by atoms with Crippen molar-refractivity contribution in [3.8, 4) is 0 Å². The predicted molar refractivity (Wildman–Crippen MR) is 56.3 cm³/mol. The van der Waals surface area contributed by atoms with Crippen LogP contribution in [0.4, 0.5) is 0 Å². The zero-order valence-corrected chi connectivity index (χ0v) is 9.35. The van der Waals surface area contributed by atoms with Gasteiger partial charge in [-0.25, -0.2) is 13.6 Å². The molecule has 1 atom stereocenters. The summed E-state index contributed by atoms with van der Waals surface area (Å²) in [5.74, 6) is 0. The van der Waals surface area contributed by atoms with Crippen LogP contribution in [-0.2, 0) is 10.0 Å². The summed E-state index contributed by atoms with van der Waals surface area (Å²) in [4.78, 5) is 0. The zero-order chi connectivity index (χ0) is 10.2.